The van der Waals surface area contributed by atoms with Gasteiger partial charge in [0.1, 0.15) is 17.2 Å². The van der Waals surface area contributed by atoms with Crippen LogP contribution in [-0.2, 0) is 7.05 Å². The first-order valence-corrected chi connectivity index (χ1v) is 8.05. The van der Waals surface area contributed by atoms with E-state index in [9.17, 15) is 14.7 Å². The standard InChI is InChI=1S/C17H20N4O5/c1-9-4-12(10(2)26-9)14-7-21-6-13(16(24)18-5-11(23)8-22)19-15(21)17(25)20(14)3/h4,6-7,11,22-23H,5,8H2,1-3H3,(H,18,24). The molecule has 0 aromatic carbocycles. The van der Waals surface area contributed by atoms with Crippen LogP contribution in [0.1, 0.15) is 22.0 Å². The van der Waals surface area contributed by atoms with Gasteiger partial charge in [-0.3, -0.25) is 14.0 Å². The summed E-state index contributed by atoms with van der Waals surface area (Å²) in [7, 11) is 1.63. The van der Waals surface area contributed by atoms with Crippen LogP contribution in [0.2, 0.25) is 0 Å². The van der Waals surface area contributed by atoms with E-state index in [2.05, 4.69) is 10.3 Å². The second-order valence-corrected chi connectivity index (χ2v) is 6.11. The summed E-state index contributed by atoms with van der Waals surface area (Å²) in [4.78, 5) is 28.9. The minimum Gasteiger partial charge on any atom is -0.466 e. The molecular weight excluding hydrogens is 340 g/mol. The van der Waals surface area contributed by atoms with Crippen molar-refractivity contribution < 1.29 is 19.4 Å². The number of furan rings is 1. The molecule has 3 aromatic rings. The van der Waals surface area contributed by atoms with E-state index in [0.717, 1.165) is 11.3 Å². The van der Waals surface area contributed by atoms with Gasteiger partial charge in [-0.2, -0.15) is 0 Å². The van der Waals surface area contributed by atoms with Crippen molar-refractivity contribution in [3.8, 4) is 11.3 Å². The molecule has 0 aliphatic carbocycles. The largest absolute Gasteiger partial charge is 0.466 e. The number of aliphatic hydroxyl groups is 2. The zero-order chi connectivity index (χ0) is 19.0. The normalized spacial score (nSPS) is 12.5. The zero-order valence-corrected chi connectivity index (χ0v) is 14.7. The average Bonchev–Trinajstić information content (AvgIpc) is 3.18. The van der Waals surface area contributed by atoms with Crippen LogP contribution in [0, 0.1) is 13.8 Å². The summed E-state index contributed by atoms with van der Waals surface area (Å²) in [6.07, 6.45) is 2.10. The SMILES string of the molecule is Cc1cc(-c2cn3cc(C(=O)NCC(O)CO)nc3c(=O)n2C)c(C)o1. The minimum absolute atomic E-state index is 0.0458. The maximum absolute atomic E-state index is 12.6. The van der Waals surface area contributed by atoms with Gasteiger partial charge in [0.15, 0.2) is 0 Å². The topological polar surface area (TPSA) is 122 Å². The molecule has 0 aliphatic heterocycles. The Morgan fingerprint density at radius 3 is 2.73 bits per heavy atom. The Balaban J connectivity index is 2.02. The number of imidazole rings is 1. The lowest BCUT2D eigenvalue weighted by Gasteiger charge is -2.07. The van der Waals surface area contributed by atoms with Crippen molar-refractivity contribution in [3.63, 3.8) is 0 Å². The number of fused-ring (bicyclic) bond motifs is 1. The fourth-order valence-corrected chi connectivity index (χ4v) is 2.74. The van der Waals surface area contributed by atoms with Crippen LogP contribution < -0.4 is 10.9 Å². The molecule has 1 amide bonds. The van der Waals surface area contributed by atoms with Crippen molar-refractivity contribution in [1.29, 1.82) is 0 Å². The minimum atomic E-state index is -1.05. The molecule has 9 heteroatoms. The number of nitrogens with zero attached hydrogens (tertiary/aromatic N) is 3. The smallest absolute Gasteiger partial charge is 0.294 e. The number of nitrogens with one attached hydrogen (secondary N) is 1. The van der Waals surface area contributed by atoms with E-state index in [1.54, 1.807) is 13.2 Å². The van der Waals surface area contributed by atoms with Crippen molar-refractivity contribution >= 4 is 11.6 Å². The van der Waals surface area contributed by atoms with E-state index in [4.69, 9.17) is 9.52 Å². The number of amides is 1. The quantitative estimate of drug-likeness (QED) is 0.588. The van der Waals surface area contributed by atoms with E-state index in [1.807, 2.05) is 19.9 Å². The van der Waals surface area contributed by atoms with Crippen molar-refractivity contribution in [2.75, 3.05) is 13.2 Å². The third kappa shape index (κ3) is 3.14. The molecule has 3 rings (SSSR count). The highest BCUT2D eigenvalue weighted by molar-refractivity contribution is 5.92. The van der Waals surface area contributed by atoms with Crippen LogP contribution in [0.5, 0.6) is 0 Å². The van der Waals surface area contributed by atoms with E-state index in [1.165, 1.54) is 15.2 Å². The lowest BCUT2D eigenvalue weighted by Crippen LogP contribution is -2.34. The second-order valence-electron chi connectivity index (χ2n) is 6.11. The van der Waals surface area contributed by atoms with E-state index in [0.29, 0.717) is 11.5 Å². The molecule has 9 nitrogen and oxygen atoms in total. The highest BCUT2D eigenvalue weighted by Gasteiger charge is 2.18. The van der Waals surface area contributed by atoms with Gasteiger partial charge in [0.05, 0.1) is 18.4 Å². The summed E-state index contributed by atoms with van der Waals surface area (Å²) in [6.45, 7) is 3.07. The summed E-state index contributed by atoms with van der Waals surface area (Å²) in [5.74, 6) is 0.881. The van der Waals surface area contributed by atoms with Gasteiger partial charge in [-0.1, -0.05) is 0 Å². The third-order valence-electron chi connectivity index (χ3n) is 4.11. The van der Waals surface area contributed by atoms with Gasteiger partial charge in [0, 0.05) is 31.5 Å². The van der Waals surface area contributed by atoms with Crippen molar-refractivity contribution in [2.24, 2.45) is 7.05 Å². The predicted octanol–water partition coefficient (Wildman–Crippen LogP) is -0.00716. The van der Waals surface area contributed by atoms with E-state index in [-0.39, 0.29) is 23.4 Å². The Morgan fingerprint density at radius 2 is 2.12 bits per heavy atom. The Hall–Kier alpha value is -2.91. The molecule has 138 valence electrons. The summed E-state index contributed by atoms with van der Waals surface area (Å²) in [5, 5.41) is 20.6. The van der Waals surface area contributed by atoms with Gasteiger partial charge in [-0.15, -0.1) is 0 Å². The molecule has 0 aliphatic rings. The lowest BCUT2D eigenvalue weighted by molar-refractivity contribution is 0.0799. The Morgan fingerprint density at radius 1 is 1.38 bits per heavy atom. The number of hydrogen-bond donors (Lipinski definition) is 3. The number of carbonyl (C=O) groups excluding carboxylic acids is 1. The highest BCUT2D eigenvalue weighted by Crippen LogP contribution is 2.25. The van der Waals surface area contributed by atoms with Crippen LogP contribution in [0.3, 0.4) is 0 Å². The number of aliphatic hydroxyl groups excluding tert-OH is 2. The monoisotopic (exact) mass is 360 g/mol. The van der Waals surface area contributed by atoms with Crippen LogP contribution in [0.25, 0.3) is 16.9 Å². The fraction of sp³-hybridized carbons (Fsp3) is 0.353. The van der Waals surface area contributed by atoms with Crippen LogP contribution in [0.4, 0.5) is 0 Å². The molecule has 0 saturated carbocycles. The van der Waals surface area contributed by atoms with Gasteiger partial charge in [0.2, 0.25) is 5.65 Å². The molecule has 0 fully saturated rings. The Kier molecular flexibility index (Phi) is 4.66. The Bertz CT molecular complexity index is 1030. The molecule has 26 heavy (non-hydrogen) atoms. The number of hydrogen-bond acceptors (Lipinski definition) is 6. The van der Waals surface area contributed by atoms with Crippen LogP contribution >= 0.6 is 0 Å². The van der Waals surface area contributed by atoms with Crippen molar-refractivity contribution in [3.05, 3.63) is 46.0 Å². The maximum Gasteiger partial charge on any atom is 0.294 e. The molecule has 3 aromatic heterocycles. The van der Waals surface area contributed by atoms with E-state index >= 15 is 0 Å². The van der Waals surface area contributed by atoms with Gasteiger partial charge < -0.3 is 24.5 Å². The van der Waals surface area contributed by atoms with Gasteiger partial charge in [-0.05, 0) is 19.9 Å². The first-order valence-electron chi connectivity index (χ1n) is 8.05. The summed E-state index contributed by atoms with van der Waals surface area (Å²) < 4.78 is 8.49. The van der Waals surface area contributed by atoms with Gasteiger partial charge in [-0.25, -0.2) is 4.98 Å². The second kappa shape index (κ2) is 6.77. The third-order valence-corrected chi connectivity index (χ3v) is 4.11. The molecule has 1 atom stereocenters. The Labute approximate surface area is 148 Å². The summed E-state index contributed by atoms with van der Waals surface area (Å²) >= 11 is 0. The number of aryl methyl sites for hydroxylation is 2. The van der Waals surface area contributed by atoms with Crippen molar-refractivity contribution in [1.82, 2.24) is 19.3 Å². The zero-order valence-electron chi connectivity index (χ0n) is 14.7. The molecule has 0 radical (unpaired) electrons. The molecular formula is C17H20N4O5. The van der Waals surface area contributed by atoms with E-state index < -0.39 is 18.6 Å². The number of aromatic nitrogens is 3. The van der Waals surface area contributed by atoms with Gasteiger partial charge >= 0.3 is 0 Å². The van der Waals surface area contributed by atoms with Gasteiger partial charge in [0.25, 0.3) is 11.5 Å². The van der Waals surface area contributed by atoms with Crippen LogP contribution in [-0.4, -0.2) is 49.3 Å². The summed E-state index contributed by atoms with van der Waals surface area (Å²) in [6, 6.07) is 1.84. The highest BCUT2D eigenvalue weighted by atomic mass is 16.3. The molecule has 0 spiro atoms. The molecule has 3 heterocycles. The fourth-order valence-electron chi connectivity index (χ4n) is 2.74. The number of carbonyl (C=O) groups is 1. The molecule has 0 saturated heterocycles. The first-order chi connectivity index (χ1) is 12.3. The molecule has 3 N–H and O–H groups in total. The summed E-state index contributed by atoms with van der Waals surface area (Å²) in [5.41, 5.74) is 1.23. The lowest BCUT2D eigenvalue weighted by atomic mass is 10.2. The van der Waals surface area contributed by atoms with Crippen molar-refractivity contribution in [2.45, 2.75) is 20.0 Å². The average molecular weight is 360 g/mol. The maximum atomic E-state index is 12.6. The first kappa shape index (κ1) is 17.9. The molecule has 0 bridgehead atoms. The predicted molar refractivity (Wildman–Crippen MR) is 93.0 cm³/mol. The number of rotatable bonds is 5. The molecule has 1 unspecified atom stereocenters. The van der Waals surface area contributed by atoms with Crippen LogP contribution in [0.15, 0.2) is 27.7 Å².